The van der Waals surface area contributed by atoms with Crippen molar-refractivity contribution in [2.75, 3.05) is 34.4 Å². The predicted molar refractivity (Wildman–Crippen MR) is 134 cm³/mol. The molecule has 0 unspecified atom stereocenters. The van der Waals surface area contributed by atoms with E-state index in [1.54, 1.807) is 13.0 Å². The molecule has 1 aliphatic rings. The first-order valence-electron chi connectivity index (χ1n) is 11.0. The highest BCUT2D eigenvalue weighted by molar-refractivity contribution is 6.30. The van der Waals surface area contributed by atoms with Crippen molar-refractivity contribution >= 4 is 24.2 Å². The first-order chi connectivity index (χ1) is 16.8. The maximum atomic E-state index is 12.7. The molecule has 0 spiro atoms. The lowest BCUT2D eigenvalue weighted by molar-refractivity contribution is -0.110. The van der Waals surface area contributed by atoms with Gasteiger partial charge in [0.05, 0.1) is 11.2 Å². The molecule has 2 aromatic rings. The van der Waals surface area contributed by atoms with E-state index in [1.807, 2.05) is 27.2 Å². The van der Waals surface area contributed by atoms with E-state index in [4.69, 9.17) is 26.3 Å². The molecule has 1 saturated carbocycles. The van der Waals surface area contributed by atoms with Gasteiger partial charge in [-0.25, -0.2) is 9.37 Å². The number of pyridine rings is 1. The van der Waals surface area contributed by atoms with Crippen LogP contribution in [0.5, 0.6) is 11.5 Å². The van der Waals surface area contributed by atoms with Crippen LogP contribution in [0.4, 0.5) is 4.39 Å². The van der Waals surface area contributed by atoms with Gasteiger partial charge < -0.3 is 20.1 Å². The normalized spacial score (nSPS) is 15.1. The Morgan fingerprint density at radius 2 is 1.71 bits per heavy atom. The molecular formula is C25H34ClFN4O4. The van der Waals surface area contributed by atoms with Gasteiger partial charge in [0.2, 0.25) is 0 Å². The molecule has 8 nitrogen and oxygen atoms in total. The number of hydrogen-bond acceptors (Lipinski definition) is 8. The fraction of sp³-hybridized carbons (Fsp3) is 0.440. The SMILES string of the molecule is CNC.CNC1CC(C)C1.Cc1cc(OCC=O)cnc1C#N.O=CCOc1ccc(Cl)c(F)c1. The van der Waals surface area contributed by atoms with Gasteiger partial charge in [0, 0.05) is 12.1 Å². The van der Waals surface area contributed by atoms with Crippen molar-refractivity contribution in [3.63, 3.8) is 0 Å². The predicted octanol–water partition coefficient (Wildman–Crippen LogP) is 3.74. The summed E-state index contributed by atoms with van der Waals surface area (Å²) in [6, 6.07) is 8.46. The van der Waals surface area contributed by atoms with E-state index in [-0.39, 0.29) is 18.2 Å². The fourth-order valence-corrected chi connectivity index (χ4v) is 2.83. The third kappa shape index (κ3) is 14.1. The smallest absolute Gasteiger partial charge is 0.157 e. The number of nitriles is 1. The Kier molecular flexibility index (Phi) is 17.6. The number of hydrogen-bond donors (Lipinski definition) is 2. The van der Waals surface area contributed by atoms with E-state index in [2.05, 4.69) is 22.5 Å². The van der Waals surface area contributed by atoms with Crippen molar-refractivity contribution in [3.05, 3.63) is 52.6 Å². The van der Waals surface area contributed by atoms with Gasteiger partial charge >= 0.3 is 0 Å². The van der Waals surface area contributed by atoms with Gasteiger partial charge in [-0.15, -0.1) is 0 Å². The minimum Gasteiger partial charge on any atom is -0.486 e. The molecule has 2 N–H and O–H groups in total. The monoisotopic (exact) mass is 508 g/mol. The first kappa shape index (κ1) is 31.9. The second kappa shape index (κ2) is 19.3. The average molecular weight is 509 g/mol. The Labute approximate surface area is 211 Å². The summed E-state index contributed by atoms with van der Waals surface area (Å²) in [5, 5.41) is 14.6. The highest BCUT2D eigenvalue weighted by Gasteiger charge is 2.22. The largest absolute Gasteiger partial charge is 0.486 e. The number of aryl methyl sites for hydroxylation is 1. The van der Waals surface area contributed by atoms with Gasteiger partial charge in [0.1, 0.15) is 42.3 Å². The van der Waals surface area contributed by atoms with Gasteiger partial charge in [-0.1, -0.05) is 18.5 Å². The van der Waals surface area contributed by atoms with E-state index >= 15 is 0 Å². The molecule has 0 saturated heterocycles. The topological polar surface area (TPSA) is 113 Å². The highest BCUT2D eigenvalue weighted by Crippen LogP contribution is 2.25. The summed E-state index contributed by atoms with van der Waals surface area (Å²) >= 11 is 5.41. The number of rotatable bonds is 7. The van der Waals surface area contributed by atoms with Crippen LogP contribution < -0.4 is 20.1 Å². The molecule has 3 rings (SSSR count). The lowest BCUT2D eigenvalue weighted by Gasteiger charge is -2.31. The second-order valence-electron chi connectivity index (χ2n) is 7.54. The molecule has 1 aromatic carbocycles. The van der Waals surface area contributed by atoms with E-state index in [0.29, 0.717) is 29.8 Å². The number of aromatic nitrogens is 1. The molecular weight excluding hydrogens is 475 g/mol. The molecule has 0 atom stereocenters. The number of halogens is 2. The molecule has 0 amide bonds. The fourth-order valence-electron chi connectivity index (χ4n) is 2.71. The van der Waals surface area contributed by atoms with Crippen molar-refractivity contribution in [1.82, 2.24) is 15.6 Å². The van der Waals surface area contributed by atoms with Crippen LogP contribution in [-0.2, 0) is 9.59 Å². The van der Waals surface area contributed by atoms with Crippen LogP contribution in [0.3, 0.4) is 0 Å². The van der Waals surface area contributed by atoms with Crippen LogP contribution in [-0.4, -0.2) is 58.0 Å². The van der Waals surface area contributed by atoms with E-state index in [0.717, 1.165) is 23.6 Å². The molecule has 1 heterocycles. The maximum Gasteiger partial charge on any atom is 0.157 e. The van der Waals surface area contributed by atoms with Crippen molar-refractivity contribution in [1.29, 1.82) is 5.26 Å². The number of aldehydes is 2. The third-order valence-corrected chi connectivity index (χ3v) is 4.77. The van der Waals surface area contributed by atoms with Crippen molar-refractivity contribution in [2.24, 2.45) is 5.92 Å². The average Bonchev–Trinajstić information content (AvgIpc) is 2.83. The number of ether oxygens (including phenoxy) is 2. The summed E-state index contributed by atoms with van der Waals surface area (Å²) in [5.41, 5.74) is 1.12. The molecule has 0 bridgehead atoms. The standard InChI is InChI=1S/C9H8N2O2.C8H6ClFO2.C6H13N.C2H7N/c1-7-4-8(13-3-2-12)6-11-9(7)5-10;9-7-2-1-6(5-8(7)10)12-4-3-11;1-5-3-6(4-5)7-2;1-3-2/h2,4,6H,3H2,1H3;1-3,5H,4H2;5-7H,3-4H2,1-2H3;3H,1-2H3. The summed E-state index contributed by atoms with van der Waals surface area (Å²) in [6.07, 6.45) is 5.45. The molecule has 10 heteroatoms. The Bertz CT molecular complexity index is 934. The highest BCUT2D eigenvalue weighted by atomic mass is 35.5. The maximum absolute atomic E-state index is 12.7. The summed E-state index contributed by atoms with van der Waals surface area (Å²) in [5.74, 6) is 1.23. The summed E-state index contributed by atoms with van der Waals surface area (Å²) < 4.78 is 22.5. The second-order valence-corrected chi connectivity index (χ2v) is 7.95. The zero-order chi connectivity index (χ0) is 26.6. The van der Waals surface area contributed by atoms with Gasteiger partial charge in [0.25, 0.3) is 0 Å². The minimum atomic E-state index is -0.555. The van der Waals surface area contributed by atoms with Crippen LogP contribution in [0, 0.1) is 30.0 Å². The first-order valence-corrected chi connectivity index (χ1v) is 11.3. The van der Waals surface area contributed by atoms with Crippen LogP contribution in [0.15, 0.2) is 30.5 Å². The minimum absolute atomic E-state index is 0.00696. The van der Waals surface area contributed by atoms with Crippen LogP contribution >= 0.6 is 11.6 Å². The van der Waals surface area contributed by atoms with Crippen molar-refractivity contribution in [3.8, 4) is 17.6 Å². The van der Waals surface area contributed by atoms with Crippen LogP contribution in [0.1, 0.15) is 31.0 Å². The Balaban J connectivity index is 0.000000485. The van der Waals surface area contributed by atoms with Gasteiger partial charge in [-0.2, -0.15) is 5.26 Å². The van der Waals surface area contributed by atoms with E-state index in [1.165, 1.54) is 31.2 Å². The molecule has 192 valence electrons. The zero-order valence-corrected chi connectivity index (χ0v) is 21.6. The summed E-state index contributed by atoms with van der Waals surface area (Å²) in [6.45, 7) is 3.99. The molecule has 1 aliphatic carbocycles. The van der Waals surface area contributed by atoms with E-state index < -0.39 is 5.82 Å². The lowest BCUT2D eigenvalue weighted by atomic mass is 9.82. The summed E-state index contributed by atoms with van der Waals surface area (Å²) in [7, 11) is 5.79. The van der Waals surface area contributed by atoms with Crippen LogP contribution in [0.2, 0.25) is 5.02 Å². The molecule has 35 heavy (non-hydrogen) atoms. The number of carbonyl (C=O) groups is 2. The number of nitrogens with one attached hydrogen (secondary N) is 2. The molecule has 0 radical (unpaired) electrons. The molecule has 1 aromatic heterocycles. The Morgan fingerprint density at radius 3 is 2.11 bits per heavy atom. The van der Waals surface area contributed by atoms with Crippen molar-refractivity contribution < 1.29 is 23.5 Å². The van der Waals surface area contributed by atoms with E-state index in [9.17, 15) is 14.0 Å². The van der Waals surface area contributed by atoms with Gasteiger partial charge in [-0.3, -0.25) is 9.59 Å². The van der Waals surface area contributed by atoms with Crippen LogP contribution in [0.25, 0.3) is 0 Å². The molecule has 1 fully saturated rings. The van der Waals surface area contributed by atoms with Crippen molar-refractivity contribution in [2.45, 2.75) is 32.7 Å². The van der Waals surface area contributed by atoms with Gasteiger partial charge in [-0.05, 0) is 70.6 Å². The lowest BCUT2D eigenvalue weighted by Crippen LogP contribution is -2.37. The molecule has 0 aliphatic heterocycles. The number of carbonyl (C=O) groups excluding carboxylic acids is 2. The third-order valence-electron chi connectivity index (χ3n) is 4.47. The Hall–Kier alpha value is -3.06. The summed E-state index contributed by atoms with van der Waals surface area (Å²) in [4.78, 5) is 23.7. The number of nitrogens with zero attached hydrogens (tertiary/aromatic N) is 2. The zero-order valence-electron chi connectivity index (χ0n) is 20.8. The Morgan fingerprint density at radius 1 is 1.14 bits per heavy atom. The number of benzene rings is 1. The van der Waals surface area contributed by atoms with Gasteiger partial charge in [0.15, 0.2) is 12.6 Å². The quantitative estimate of drug-likeness (QED) is 0.544.